The summed E-state index contributed by atoms with van der Waals surface area (Å²) in [5.74, 6) is 0.0626. The van der Waals surface area contributed by atoms with Crippen LogP contribution in [0.2, 0.25) is 0 Å². The summed E-state index contributed by atoms with van der Waals surface area (Å²) in [5.41, 5.74) is 4.52. The molecule has 1 amide bonds. The predicted octanol–water partition coefficient (Wildman–Crippen LogP) is 3.43. The number of amides is 1. The van der Waals surface area contributed by atoms with E-state index in [4.69, 9.17) is 4.42 Å². The molecule has 0 saturated carbocycles. The Morgan fingerprint density at radius 3 is 2.52 bits per heavy atom. The van der Waals surface area contributed by atoms with E-state index in [1.165, 1.54) is 17.5 Å². The summed E-state index contributed by atoms with van der Waals surface area (Å²) in [6, 6.07) is 12.5. The highest BCUT2D eigenvalue weighted by Gasteiger charge is 2.27. The number of aryl methyl sites for hydroxylation is 2. The average molecular weight is 439 g/mol. The van der Waals surface area contributed by atoms with Crippen LogP contribution in [-0.2, 0) is 34.1 Å². The number of nitrogens with zero attached hydrogens (tertiary/aromatic N) is 1. The zero-order chi connectivity index (χ0) is 21.4. The molecular formula is C24H26N2O4S. The van der Waals surface area contributed by atoms with Crippen molar-refractivity contribution in [2.75, 3.05) is 13.1 Å². The van der Waals surface area contributed by atoms with E-state index in [-0.39, 0.29) is 16.8 Å². The number of fused-ring (bicyclic) bond motifs is 2. The molecule has 1 aliphatic carbocycles. The topological polar surface area (TPSA) is 79.6 Å². The van der Waals surface area contributed by atoms with E-state index in [2.05, 4.69) is 16.9 Å². The summed E-state index contributed by atoms with van der Waals surface area (Å²) in [6.07, 6.45) is 6.61. The molecule has 0 bridgehead atoms. The molecule has 2 aliphatic rings. The van der Waals surface area contributed by atoms with Gasteiger partial charge >= 0.3 is 0 Å². The Morgan fingerprint density at radius 2 is 1.77 bits per heavy atom. The molecule has 5 rings (SSSR count). The molecule has 3 aromatic rings. The van der Waals surface area contributed by atoms with Crippen LogP contribution in [0, 0.1) is 0 Å². The predicted molar refractivity (Wildman–Crippen MR) is 118 cm³/mol. The molecule has 1 N–H and O–H groups in total. The van der Waals surface area contributed by atoms with Gasteiger partial charge in [0.05, 0.1) is 17.6 Å². The Bertz CT molecular complexity index is 1210. The van der Waals surface area contributed by atoms with Crippen molar-refractivity contribution in [1.29, 1.82) is 0 Å². The minimum atomic E-state index is -3.53. The minimum Gasteiger partial charge on any atom is -0.464 e. The van der Waals surface area contributed by atoms with Gasteiger partial charge in [-0.1, -0.05) is 18.2 Å². The van der Waals surface area contributed by atoms with Crippen molar-refractivity contribution in [2.24, 2.45) is 0 Å². The average Bonchev–Trinajstić information content (AvgIpc) is 3.39. The molecule has 0 spiro atoms. The summed E-state index contributed by atoms with van der Waals surface area (Å²) < 4.78 is 33.6. The summed E-state index contributed by atoms with van der Waals surface area (Å²) in [5, 5.41) is 1.04. The minimum absolute atomic E-state index is 0.0626. The van der Waals surface area contributed by atoms with Crippen molar-refractivity contribution < 1.29 is 17.6 Å². The van der Waals surface area contributed by atoms with Crippen molar-refractivity contribution in [3.63, 3.8) is 0 Å². The molecule has 2 aromatic carbocycles. The second-order valence-corrected chi connectivity index (χ2v) is 10.2. The molecule has 1 fully saturated rings. The maximum absolute atomic E-state index is 12.9. The van der Waals surface area contributed by atoms with Crippen LogP contribution < -0.4 is 4.72 Å². The van der Waals surface area contributed by atoms with Gasteiger partial charge in [-0.3, -0.25) is 4.79 Å². The van der Waals surface area contributed by atoms with Gasteiger partial charge in [0.15, 0.2) is 0 Å². The van der Waals surface area contributed by atoms with Gasteiger partial charge in [-0.25, -0.2) is 13.1 Å². The standard InChI is InChI=1S/C24H26N2O4S/c27-24(15-19-16-30-23-14-18-6-4-5-17(18)13-22(19)23)26-11-9-20(10-12-26)25-31(28,29)21-7-2-1-3-8-21/h1-3,7-8,13-14,16,20,25H,4-6,9-12,15H2. The molecule has 0 atom stereocenters. The lowest BCUT2D eigenvalue weighted by Gasteiger charge is -2.32. The van der Waals surface area contributed by atoms with E-state index in [0.717, 1.165) is 29.4 Å². The fourth-order valence-electron chi connectivity index (χ4n) is 4.69. The number of hydrogen-bond acceptors (Lipinski definition) is 4. The van der Waals surface area contributed by atoms with Crippen LogP contribution in [0.1, 0.15) is 36.0 Å². The van der Waals surface area contributed by atoms with Crippen LogP contribution in [0.4, 0.5) is 0 Å². The van der Waals surface area contributed by atoms with Crippen LogP contribution in [0.5, 0.6) is 0 Å². The van der Waals surface area contributed by atoms with Crippen molar-refractivity contribution in [1.82, 2.24) is 9.62 Å². The van der Waals surface area contributed by atoms with Crippen LogP contribution in [0.25, 0.3) is 11.0 Å². The molecule has 1 aliphatic heterocycles. The van der Waals surface area contributed by atoms with Gasteiger partial charge in [-0.05, 0) is 67.5 Å². The number of hydrogen-bond donors (Lipinski definition) is 1. The van der Waals surface area contributed by atoms with Crippen LogP contribution in [0.15, 0.2) is 58.0 Å². The van der Waals surface area contributed by atoms with Gasteiger partial charge in [-0.2, -0.15) is 0 Å². The number of carbonyl (C=O) groups is 1. The summed E-state index contributed by atoms with van der Waals surface area (Å²) >= 11 is 0. The molecule has 7 heteroatoms. The van der Waals surface area contributed by atoms with E-state index in [1.54, 1.807) is 36.6 Å². The lowest BCUT2D eigenvalue weighted by atomic mass is 10.0. The Hall–Kier alpha value is -2.64. The van der Waals surface area contributed by atoms with Crippen LogP contribution >= 0.6 is 0 Å². The first kappa shape index (κ1) is 20.3. The van der Waals surface area contributed by atoms with Crippen molar-refractivity contribution in [3.8, 4) is 0 Å². The molecule has 2 heterocycles. The highest BCUT2D eigenvalue weighted by atomic mass is 32.2. The molecule has 31 heavy (non-hydrogen) atoms. The van der Waals surface area contributed by atoms with E-state index in [0.29, 0.717) is 32.4 Å². The molecular weight excluding hydrogens is 412 g/mol. The zero-order valence-corrected chi connectivity index (χ0v) is 18.2. The number of sulfonamides is 1. The molecule has 6 nitrogen and oxygen atoms in total. The third kappa shape index (κ3) is 4.12. The first-order chi connectivity index (χ1) is 15.0. The molecule has 0 radical (unpaired) electrons. The van der Waals surface area contributed by atoms with E-state index >= 15 is 0 Å². The van der Waals surface area contributed by atoms with Gasteiger partial charge in [0.1, 0.15) is 5.58 Å². The number of piperidine rings is 1. The largest absolute Gasteiger partial charge is 0.464 e. The second-order valence-electron chi connectivity index (χ2n) is 8.50. The molecule has 0 unspecified atom stereocenters. The monoisotopic (exact) mass is 438 g/mol. The fraction of sp³-hybridized carbons (Fsp3) is 0.375. The second kappa shape index (κ2) is 8.13. The van der Waals surface area contributed by atoms with Gasteiger partial charge in [0.2, 0.25) is 15.9 Å². The molecule has 1 saturated heterocycles. The summed E-state index contributed by atoms with van der Waals surface area (Å²) in [6.45, 7) is 1.10. The smallest absolute Gasteiger partial charge is 0.240 e. The number of carbonyl (C=O) groups excluding carboxylic acids is 1. The van der Waals surface area contributed by atoms with Gasteiger partial charge in [0, 0.05) is 30.1 Å². The fourth-order valence-corrected chi connectivity index (χ4v) is 6.02. The quantitative estimate of drug-likeness (QED) is 0.662. The summed E-state index contributed by atoms with van der Waals surface area (Å²) in [4.78, 5) is 15.0. The Labute approximate surface area is 182 Å². The zero-order valence-electron chi connectivity index (χ0n) is 17.3. The van der Waals surface area contributed by atoms with Gasteiger partial charge in [-0.15, -0.1) is 0 Å². The highest BCUT2D eigenvalue weighted by molar-refractivity contribution is 7.89. The van der Waals surface area contributed by atoms with E-state index in [9.17, 15) is 13.2 Å². The van der Waals surface area contributed by atoms with E-state index in [1.807, 2.05) is 4.90 Å². The van der Waals surface area contributed by atoms with E-state index < -0.39 is 10.0 Å². The number of rotatable bonds is 5. The summed E-state index contributed by atoms with van der Waals surface area (Å²) in [7, 11) is -3.53. The normalized spacial score (nSPS) is 17.2. The number of furan rings is 1. The molecule has 1 aromatic heterocycles. The SMILES string of the molecule is O=C(Cc1coc2cc3c(cc12)CCC3)N1CCC(NS(=O)(=O)c2ccccc2)CC1. The molecule has 162 valence electrons. The van der Waals surface area contributed by atoms with Crippen molar-refractivity contribution in [2.45, 2.75) is 49.5 Å². The third-order valence-electron chi connectivity index (χ3n) is 6.43. The van der Waals surface area contributed by atoms with Gasteiger partial charge in [0.25, 0.3) is 0 Å². The lowest BCUT2D eigenvalue weighted by molar-refractivity contribution is -0.131. The first-order valence-corrected chi connectivity index (χ1v) is 12.3. The third-order valence-corrected chi connectivity index (χ3v) is 7.97. The van der Waals surface area contributed by atoms with Crippen molar-refractivity contribution >= 4 is 26.9 Å². The highest BCUT2D eigenvalue weighted by Crippen LogP contribution is 2.31. The number of likely N-dealkylation sites (tertiary alicyclic amines) is 1. The Kier molecular flexibility index (Phi) is 5.32. The van der Waals surface area contributed by atoms with Crippen LogP contribution in [0.3, 0.4) is 0 Å². The van der Waals surface area contributed by atoms with Crippen molar-refractivity contribution in [3.05, 3.63) is 65.4 Å². The number of nitrogens with one attached hydrogen (secondary N) is 1. The lowest BCUT2D eigenvalue weighted by Crippen LogP contribution is -2.46. The first-order valence-electron chi connectivity index (χ1n) is 10.9. The Morgan fingerprint density at radius 1 is 1.06 bits per heavy atom. The van der Waals surface area contributed by atoms with Crippen LogP contribution in [-0.4, -0.2) is 38.4 Å². The maximum Gasteiger partial charge on any atom is 0.240 e. The maximum atomic E-state index is 12.9. The number of benzene rings is 2. The Balaban J connectivity index is 1.20. The van der Waals surface area contributed by atoms with Gasteiger partial charge < -0.3 is 9.32 Å².